The third-order valence-corrected chi connectivity index (χ3v) is 10.1. The summed E-state index contributed by atoms with van der Waals surface area (Å²) in [6, 6.07) is 13.2. The highest BCUT2D eigenvalue weighted by molar-refractivity contribution is 5.96. The molecule has 2 aromatic carbocycles. The molecule has 1 amide bonds. The first-order valence-electron chi connectivity index (χ1n) is 18.1. The molecule has 2 aromatic heterocycles. The van der Waals surface area contributed by atoms with Crippen LogP contribution in [0.5, 0.6) is 5.75 Å². The molecule has 54 heavy (non-hydrogen) atoms. The number of benzene rings is 2. The second kappa shape index (κ2) is 16.2. The van der Waals surface area contributed by atoms with Crippen LogP contribution in [0.4, 0.5) is 10.5 Å². The molecule has 14 nitrogen and oxygen atoms in total. The summed E-state index contributed by atoms with van der Waals surface area (Å²) in [4.78, 5) is 70.8. The average Bonchev–Trinajstić information content (AvgIpc) is 3.53. The van der Waals surface area contributed by atoms with E-state index in [-0.39, 0.29) is 73.3 Å². The highest BCUT2D eigenvalue weighted by atomic mass is 16.7. The van der Waals surface area contributed by atoms with Gasteiger partial charge in [0.25, 0.3) is 5.56 Å². The fraction of sp³-hybridized carbons (Fsp3) is 0.400. The van der Waals surface area contributed by atoms with Crippen molar-refractivity contribution in [2.75, 3.05) is 25.6 Å². The van der Waals surface area contributed by atoms with Crippen LogP contribution in [0.3, 0.4) is 0 Å². The van der Waals surface area contributed by atoms with Gasteiger partial charge in [-0.1, -0.05) is 32.4 Å². The van der Waals surface area contributed by atoms with Gasteiger partial charge < -0.3 is 39.7 Å². The number of methoxy groups -OCH3 is 1. The number of ether oxygens (including phenoxy) is 4. The summed E-state index contributed by atoms with van der Waals surface area (Å²) < 4.78 is 23.2. The molecule has 4 N–H and O–H groups in total. The number of ketones is 1. The Labute approximate surface area is 311 Å². The third-order valence-electron chi connectivity index (χ3n) is 10.1. The molecule has 14 heteroatoms. The molecular weight excluding hydrogens is 696 g/mol. The second-order valence-corrected chi connectivity index (χ2v) is 13.5. The zero-order chi connectivity index (χ0) is 38.6. The number of Topliss-reactive ketones (excluding diaryl/α,β-unsaturated/α-hetero) is 1. The number of amides is 1. The van der Waals surface area contributed by atoms with E-state index in [0.29, 0.717) is 54.0 Å². The monoisotopic (exact) mass is 740 g/mol. The van der Waals surface area contributed by atoms with E-state index in [2.05, 4.69) is 5.32 Å². The van der Waals surface area contributed by atoms with Gasteiger partial charge in [0, 0.05) is 41.6 Å². The van der Waals surface area contributed by atoms with Crippen molar-refractivity contribution in [2.24, 2.45) is 11.7 Å². The summed E-state index contributed by atoms with van der Waals surface area (Å²) in [5, 5.41) is 13.8. The first-order chi connectivity index (χ1) is 26.0. The molecule has 2 unspecified atom stereocenters. The van der Waals surface area contributed by atoms with Gasteiger partial charge in [-0.2, -0.15) is 0 Å². The van der Waals surface area contributed by atoms with E-state index in [9.17, 15) is 29.1 Å². The van der Waals surface area contributed by atoms with Crippen molar-refractivity contribution in [2.45, 2.75) is 77.7 Å². The minimum Gasteiger partial charge on any atom is -0.508 e. The molecule has 0 bridgehead atoms. The maximum atomic E-state index is 14.0. The normalized spacial score (nSPS) is 16.2. The number of cyclic esters (lactones) is 1. The standard InChI is InChI=1S/C40H44N4O10/c1-4-28-29-17-26(45)13-14-33(29)43-35-30(28)19-44-34(35)18-32-31(37(44)48)22-52-38(49)40(32,5-2)54-39(50)53-20-23-9-11-25(12-10-23)42-36(47)24(8-6-7-15-41)16-27(46)21-51-3/h9-14,17-18,24,45H,4-8,15-16,19-22,41H2,1-3H3,(H,42,47). The van der Waals surface area contributed by atoms with Crippen LogP contribution >= 0.6 is 0 Å². The van der Waals surface area contributed by atoms with Gasteiger partial charge >= 0.3 is 12.1 Å². The van der Waals surface area contributed by atoms with E-state index in [1.807, 2.05) is 6.92 Å². The highest BCUT2D eigenvalue weighted by Gasteiger charge is 2.51. The second-order valence-electron chi connectivity index (χ2n) is 13.5. The smallest absolute Gasteiger partial charge is 0.508 e. The van der Waals surface area contributed by atoms with Crippen LogP contribution in [-0.4, -0.2) is 58.7 Å². The minimum atomic E-state index is -1.95. The number of carbonyl (C=O) groups excluding carboxylic acids is 4. The Kier molecular flexibility index (Phi) is 11.4. The van der Waals surface area contributed by atoms with Crippen LogP contribution in [-0.2, 0) is 65.1 Å². The van der Waals surface area contributed by atoms with E-state index in [0.717, 1.165) is 22.9 Å². The van der Waals surface area contributed by atoms with E-state index < -0.39 is 23.6 Å². The molecule has 0 saturated heterocycles. The lowest BCUT2D eigenvalue weighted by Crippen LogP contribution is -2.47. The number of pyridine rings is 2. The van der Waals surface area contributed by atoms with Crippen LogP contribution in [0.25, 0.3) is 22.3 Å². The summed E-state index contributed by atoms with van der Waals surface area (Å²) in [5.74, 6) is -1.70. The lowest BCUT2D eigenvalue weighted by Gasteiger charge is -2.35. The molecule has 0 fully saturated rings. The zero-order valence-corrected chi connectivity index (χ0v) is 30.6. The lowest BCUT2D eigenvalue weighted by molar-refractivity contribution is -0.175. The fourth-order valence-electron chi connectivity index (χ4n) is 7.31. The van der Waals surface area contributed by atoms with Crippen LogP contribution in [0.1, 0.15) is 73.8 Å². The van der Waals surface area contributed by atoms with Crippen molar-refractivity contribution in [1.82, 2.24) is 9.55 Å². The Bertz CT molecular complexity index is 2160. The van der Waals surface area contributed by atoms with Crippen molar-refractivity contribution in [3.8, 4) is 17.1 Å². The van der Waals surface area contributed by atoms with Crippen LogP contribution < -0.4 is 16.6 Å². The molecule has 4 aromatic rings. The first kappa shape index (κ1) is 38.1. The van der Waals surface area contributed by atoms with Crippen LogP contribution in [0, 0.1) is 5.92 Å². The highest BCUT2D eigenvalue weighted by Crippen LogP contribution is 2.42. The molecule has 0 spiro atoms. The summed E-state index contributed by atoms with van der Waals surface area (Å²) in [5.41, 5.74) is 8.27. The lowest BCUT2D eigenvalue weighted by atomic mass is 9.85. The number of hydrogen-bond acceptors (Lipinski definition) is 12. The quantitative estimate of drug-likeness (QED) is 0.0961. The van der Waals surface area contributed by atoms with Crippen LogP contribution in [0.2, 0.25) is 0 Å². The van der Waals surface area contributed by atoms with E-state index in [1.165, 1.54) is 7.11 Å². The van der Waals surface area contributed by atoms with Gasteiger partial charge in [0.2, 0.25) is 11.5 Å². The van der Waals surface area contributed by atoms with Crippen molar-refractivity contribution in [3.05, 3.63) is 86.7 Å². The number of unbranched alkanes of at least 4 members (excludes halogenated alkanes) is 1. The number of hydrogen-bond donors (Lipinski definition) is 3. The number of carbonyl (C=O) groups is 4. The molecule has 0 radical (unpaired) electrons. The molecule has 2 aliphatic rings. The third kappa shape index (κ3) is 7.44. The number of nitrogens with one attached hydrogen (secondary N) is 1. The Hall–Kier alpha value is -5.60. The average molecular weight is 741 g/mol. The maximum absolute atomic E-state index is 14.0. The summed E-state index contributed by atoms with van der Waals surface area (Å²) in [6.45, 7) is 3.83. The van der Waals surface area contributed by atoms with Crippen molar-refractivity contribution in [1.29, 1.82) is 0 Å². The molecule has 0 saturated carbocycles. The number of esters is 1. The Balaban J connectivity index is 1.18. The van der Waals surface area contributed by atoms with Gasteiger partial charge in [0.1, 0.15) is 25.6 Å². The van der Waals surface area contributed by atoms with E-state index >= 15 is 0 Å². The number of phenols is 1. The number of aromatic nitrogens is 2. The summed E-state index contributed by atoms with van der Waals surface area (Å²) in [6.07, 6.45) is 1.47. The number of aryl methyl sites for hydroxylation is 1. The van der Waals surface area contributed by atoms with Crippen LogP contribution in [0.15, 0.2) is 53.3 Å². The topological polar surface area (TPSA) is 198 Å². The predicted molar refractivity (Wildman–Crippen MR) is 198 cm³/mol. The zero-order valence-electron chi connectivity index (χ0n) is 30.6. The summed E-state index contributed by atoms with van der Waals surface area (Å²) in [7, 11) is 1.43. The van der Waals surface area contributed by atoms with Gasteiger partial charge in [0.15, 0.2) is 5.78 Å². The number of aromatic hydroxyl groups is 1. The summed E-state index contributed by atoms with van der Waals surface area (Å²) >= 11 is 0. The van der Waals surface area contributed by atoms with Gasteiger partial charge in [-0.25, -0.2) is 14.6 Å². The SMILES string of the molecule is CCc1c2c(nc3ccc(O)cc13)-c1cc3c(c(=O)n1C2)COC(=O)C3(CC)OC(=O)OCc1ccc(NC(=O)C(CCCCN)CC(=O)COC)cc1. The number of rotatable bonds is 15. The number of nitrogens with two attached hydrogens (primary N) is 1. The van der Waals surface area contributed by atoms with Gasteiger partial charge in [-0.05, 0) is 79.8 Å². The van der Waals surface area contributed by atoms with Gasteiger partial charge in [-0.15, -0.1) is 0 Å². The Morgan fingerprint density at radius 1 is 1.07 bits per heavy atom. The maximum Gasteiger partial charge on any atom is 0.510 e. The number of fused-ring (bicyclic) bond motifs is 5. The molecule has 6 rings (SSSR count). The van der Waals surface area contributed by atoms with Gasteiger partial charge in [0.05, 0.1) is 29.0 Å². The van der Waals surface area contributed by atoms with Crippen molar-refractivity contribution in [3.63, 3.8) is 0 Å². The van der Waals surface area contributed by atoms with Gasteiger partial charge in [-0.3, -0.25) is 14.4 Å². The molecule has 284 valence electrons. The van der Waals surface area contributed by atoms with Crippen molar-refractivity contribution < 1.29 is 43.2 Å². The largest absolute Gasteiger partial charge is 0.510 e. The minimum absolute atomic E-state index is 0.0347. The number of anilines is 1. The van der Waals surface area contributed by atoms with E-state index in [4.69, 9.17) is 29.7 Å². The van der Waals surface area contributed by atoms with Crippen molar-refractivity contribution >= 4 is 40.4 Å². The fourth-order valence-corrected chi connectivity index (χ4v) is 7.31. The van der Waals surface area contributed by atoms with E-state index in [1.54, 1.807) is 60.0 Å². The molecule has 2 aliphatic heterocycles. The molecule has 4 heterocycles. The number of phenolic OH excluding ortho intramolecular Hbond substituents is 1. The molecule has 2 atom stereocenters. The Morgan fingerprint density at radius 3 is 2.56 bits per heavy atom. The molecule has 0 aliphatic carbocycles. The predicted octanol–water partition coefficient (Wildman–Crippen LogP) is 5.00. The first-order valence-corrected chi connectivity index (χ1v) is 18.1. The molecular formula is C40H44N4O10. The number of nitrogens with zero attached hydrogens (tertiary/aromatic N) is 2. The Morgan fingerprint density at radius 2 is 1.85 bits per heavy atom.